The van der Waals surface area contributed by atoms with Crippen molar-refractivity contribution in [2.75, 3.05) is 10.2 Å². The first-order chi connectivity index (χ1) is 18.6. The third-order valence-corrected chi connectivity index (χ3v) is 6.97. The van der Waals surface area contributed by atoms with Crippen molar-refractivity contribution in [2.24, 2.45) is 7.05 Å². The lowest BCUT2D eigenvalue weighted by molar-refractivity contribution is 0.240. The fourth-order valence-corrected chi connectivity index (χ4v) is 4.95. The zero-order valence-corrected chi connectivity index (χ0v) is 21.4. The van der Waals surface area contributed by atoms with Gasteiger partial charge in [-0.1, -0.05) is 42.5 Å². The summed E-state index contributed by atoms with van der Waals surface area (Å²) in [6, 6.07) is 26.0. The predicted molar refractivity (Wildman–Crippen MR) is 148 cm³/mol. The van der Waals surface area contributed by atoms with Crippen LogP contribution in [0.25, 0.3) is 11.3 Å². The van der Waals surface area contributed by atoms with Gasteiger partial charge in [-0.3, -0.25) is 9.58 Å². The lowest BCUT2D eigenvalue weighted by Crippen LogP contribution is -2.48. The number of benzene rings is 2. The first kappa shape index (κ1) is 25.0. The molecule has 8 nitrogen and oxygen atoms in total. The summed E-state index contributed by atoms with van der Waals surface area (Å²) in [5.74, 6) is 0.773. The summed E-state index contributed by atoms with van der Waals surface area (Å²) >= 11 is 0. The van der Waals surface area contributed by atoms with E-state index in [1.54, 1.807) is 16.9 Å². The van der Waals surface area contributed by atoms with E-state index >= 15 is 0 Å². The highest BCUT2D eigenvalue weighted by Crippen LogP contribution is 2.30. The van der Waals surface area contributed by atoms with Crippen molar-refractivity contribution in [1.82, 2.24) is 20.1 Å². The van der Waals surface area contributed by atoms with E-state index in [0.717, 1.165) is 54.0 Å². The number of nitriles is 1. The highest BCUT2D eigenvalue weighted by Gasteiger charge is 2.30. The monoisotopic (exact) mass is 505 g/mol. The SMILES string of the molecule is Cn1ccc(-c2ccc(N(C(=O)NCc3ccccc3)[C@H]3CC[C@H](Nc4ccc(C#N)cn4)CC3)cc2)n1. The number of amides is 2. The highest BCUT2D eigenvalue weighted by atomic mass is 16.2. The van der Waals surface area contributed by atoms with E-state index in [9.17, 15) is 4.79 Å². The van der Waals surface area contributed by atoms with E-state index in [0.29, 0.717) is 12.1 Å². The van der Waals surface area contributed by atoms with Gasteiger partial charge in [0, 0.05) is 49.3 Å². The Morgan fingerprint density at radius 2 is 1.79 bits per heavy atom. The van der Waals surface area contributed by atoms with Gasteiger partial charge in [0.2, 0.25) is 0 Å². The number of anilines is 2. The Kier molecular flexibility index (Phi) is 7.65. The molecule has 1 aliphatic carbocycles. The molecular weight excluding hydrogens is 474 g/mol. The lowest BCUT2D eigenvalue weighted by Gasteiger charge is -2.37. The number of rotatable bonds is 7. The molecule has 0 aliphatic heterocycles. The summed E-state index contributed by atoms with van der Waals surface area (Å²) in [4.78, 5) is 19.8. The second-order valence-corrected chi connectivity index (χ2v) is 9.63. The molecule has 2 N–H and O–H groups in total. The van der Waals surface area contributed by atoms with E-state index in [1.165, 1.54) is 0 Å². The molecule has 2 aromatic heterocycles. The highest BCUT2D eigenvalue weighted by molar-refractivity contribution is 5.93. The molecule has 1 fully saturated rings. The molecule has 2 aromatic carbocycles. The van der Waals surface area contributed by atoms with Crippen molar-refractivity contribution >= 4 is 17.5 Å². The minimum Gasteiger partial charge on any atom is -0.367 e. The number of aryl methyl sites for hydroxylation is 1. The summed E-state index contributed by atoms with van der Waals surface area (Å²) in [5.41, 5.74) is 4.41. The molecule has 1 aliphatic rings. The zero-order valence-electron chi connectivity index (χ0n) is 21.4. The molecule has 0 spiro atoms. The summed E-state index contributed by atoms with van der Waals surface area (Å²) in [5, 5.41) is 20.1. The number of carbonyl (C=O) groups excluding carboxylic acids is 1. The van der Waals surface area contributed by atoms with Gasteiger partial charge in [0.25, 0.3) is 0 Å². The molecule has 38 heavy (non-hydrogen) atoms. The molecule has 192 valence electrons. The van der Waals surface area contributed by atoms with Gasteiger partial charge in [0.15, 0.2) is 0 Å². The molecule has 0 unspecified atom stereocenters. The van der Waals surface area contributed by atoms with Crippen LogP contribution in [0.3, 0.4) is 0 Å². The Bertz CT molecular complexity index is 1380. The molecule has 2 amide bonds. The zero-order chi connectivity index (χ0) is 26.3. The molecule has 0 radical (unpaired) electrons. The summed E-state index contributed by atoms with van der Waals surface area (Å²) in [6.45, 7) is 0.476. The van der Waals surface area contributed by atoms with E-state index in [2.05, 4.69) is 26.8 Å². The minimum atomic E-state index is -0.0930. The van der Waals surface area contributed by atoms with Crippen LogP contribution < -0.4 is 15.5 Å². The molecular formula is C30H31N7O. The number of aromatic nitrogens is 3. The fraction of sp³-hybridized carbons (Fsp3) is 0.267. The first-order valence-corrected chi connectivity index (χ1v) is 12.9. The Hall–Kier alpha value is -4.64. The van der Waals surface area contributed by atoms with Crippen molar-refractivity contribution in [1.29, 1.82) is 5.26 Å². The Labute approximate surface area is 222 Å². The van der Waals surface area contributed by atoms with Gasteiger partial charge in [-0.2, -0.15) is 10.4 Å². The van der Waals surface area contributed by atoms with Crippen molar-refractivity contribution in [3.63, 3.8) is 0 Å². The number of pyridine rings is 1. The van der Waals surface area contributed by atoms with Crippen LogP contribution in [0.4, 0.5) is 16.3 Å². The standard InChI is InChI=1S/C30H31N7O/c1-36-18-17-28(35-36)24-8-12-26(13-9-24)37(30(38)33-20-22-5-3-2-4-6-22)27-14-10-25(11-15-27)34-29-16-7-23(19-31)21-32-29/h2-9,12-13,16-18,21,25,27H,10-11,14-15,20H2,1H3,(H,32,34)(H,33,38)/t25-,27-. The first-order valence-electron chi connectivity index (χ1n) is 12.9. The number of nitrogens with one attached hydrogen (secondary N) is 2. The van der Waals surface area contributed by atoms with Crippen LogP contribution in [0.15, 0.2) is 85.2 Å². The van der Waals surface area contributed by atoms with E-state index in [4.69, 9.17) is 5.26 Å². The van der Waals surface area contributed by atoms with Crippen LogP contribution in [0.2, 0.25) is 0 Å². The number of hydrogen-bond acceptors (Lipinski definition) is 5. The smallest absolute Gasteiger partial charge is 0.322 e. The molecule has 0 bridgehead atoms. The van der Waals surface area contributed by atoms with Crippen molar-refractivity contribution in [2.45, 2.75) is 44.3 Å². The van der Waals surface area contributed by atoms with Crippen LogP contribution in [-0.2, 0) is 13.6 Å². The molecule has 8 heteroatoms. The summed E-state index contributed by atoms with van der Waals surface area (Å²) in [7, 11) is 1.90. The lowest BCUT2D eigenvalue weighted by atomic mass is 9.89. The van der Waals surface area contributed by atoms with Crippen LogP contribution in [0, 0.1) is 11.3 Å². The van der Waals surface area contributed by atoms with Crippen molar-refractivity contribution in [3.05, 3.63) is 96.3 Å². The molecule has 4 aromatic rings. The van der Waals surface area contributed by atoms with E-state index in [1.807, 2.05) is 84.9 Å². The third-order valence-electron chi connectivity index (χ3n) is 6.97. The van der Waals surface area contributed by atoms with Crippen LogP contribution in [-0.4, -0.2) is 32.9 Å². The van der Waals surface area contributed by atoms with Crippen molar-refractivity contribution < 1.29 is 4.79 Å². The second-order valence-electron chi connectivity index (χ2n) is 9.63. The second kappa shape index (κ2) is 11.6. The molecule has 5 rings (SSSR count). The van der Waals surface area contributed by atoms with Crippen LogP contribution >= 0.6 is 0 Å². The number of hydrogen-bond donors (Lipinski definition) is 2. The van der Waals surface area contributed by atoms with Gasteiger partial charge in [0.1, 0.15) is 11.9 Å². The van der Waals surface area contributed by atoms with E-state index in [-0.39, 0.29) is 18.1 Å². The van der Waals surface area contributed by atoms with Gasteiger partial charge in [0.05, 0.1) is 11.3 Å². The summed E-state index contributed by atoms with van der Waals surface area (Å²) in [6.07, 6.45) is 7.08. The maximum absolute atomic E-state index is 13.6. The Morgan fingerprint density at radius 3 is 2.42 bits per heavy atom. The average Bonchev–Trinajstić information content (AvgIpc) is 3.40. The number of nitrogens with zero attached hydrogens (tertiary/aromatic N) is 5. The van der Waals surface area contributed by atoms with Crippen LogP contribution in [0.5, 0.6) is 0 Å². The van der Waals surface area contributed by atoms with Gasteiger partial charge < -0.3 is 10.6 Å². The minimum absolute atomic E-state index is 0.0819. The van der Waals surface area contributed by atoms with Gasteiger partial charge in [-0.15, -0.1) is 0 Å². The Morgan fingerprint density at radius 1 is 1.03 bits per heavy atom. The maximum atomic E-state index is 13.6. The summed E-state index contributed by atoms with van der Waals surface area (Å²) < 4.78 is 1.78. The van der Waals surface area contributed by atoms with Gasteiger partial charge >= 0.3 is 6.03 Å². The topological polar surface area (TPSA) is 98.9 Å². The predicted octanol–water partition coefficient (Wildman–Crippen LogP) is 5.49. The van der Waals surface area contributed by atoms with Gasteiger partial charge in [-0.25, -0.2) is 9.78 Å². The quantitative estimate of drug-likeness (QED) is 0.346. The fourth-order valence-electron chi connectivity index (χ4n) is 4.95. The molecule has 1 saturated carbocycles. The van der Waals surface area contributed by atoms with E-state index < -0.39 is 0 Å². The third kappa shape index (κ3) is 6.01. The number of carbonyl (C=O) groups is 1. The average molecular weight is 506 g/mol. The van der Waals surface area contributed by atoms with Crippen LogP contribution in [0.1, 0.15) is 36.8 Å². The van der Waals surface area contributed by atoms with Crippen molar-refractivity contribution in [3.8, 4) is 17.3 Å². The van der Waals surface area contributed by atoms with Gasteiger partial charge in [-0.05, 0) is 61.6 Å². The Balaban J connectivity index is 1.29. The molecule has 0 saturated heterocycles. The number of urea groups is 1. The molecule has 0 atom stereocenters. The normalized spacial score (nSPS) is 16.8. The largest absolute Gasteiger partial charge is 0.367 e. The maximum Gasteiger partial charge on any atom is 0.322 e. The molecule has 2 heterocycles.